The summed E-state index contributed by atoms with van der Waals surface area (Å²) in [4.78, 5) is 0. The van der Waals surface area contributed by atoms with Crippen molar-refractivity contribution < 1.29 is 0 Å². The second-order valence-corrected chi connectivity index (χ2v) is 5.71. The summed E-state index contributed by atoms with van der Waals surface area (Å²) in [6.07, 6.45) is 6.94. The Balaban J connectivity index is 1.72. The van der Waals surface area contributed by atoms with Gasteiger partial charge in [-0.15, -0.1) is 0 Å². The van der Waals surface area contributed by atoms with E-state index in [9.17, 15) is 0 Å². The summed E-state index contributed by atoms with van der Waals surface area (Å²) in [5.41, 5.74) is 3.19. The maximum atomic E-state index is 3.76. The van der Waals surface area contributed by atoms with E-state index in [-0.39, 0.29) is 0 Å². The Labute approximate surface area is 105 Å². The van der Waals surface area contributed by atoms with E-state index >= 15 is 0 Å². The van der Waals surface area contributed by atoms with Crippen LogP contribution in [0.15, 0.2) is 24.3 Å². The van der Waals surface area contributed by atoms with Gasteiger partial charge in [-0.1, -0.05) is 37.6 Å². The highest BCUT2D eigenvalue weighted by molar-refractivity contribution is 5.32. The zero-order valence-electron chi connectivity index (χ0n) is 10.8. The Hall–Kier alpha value is -0.820. The fourth-order valence-corrected chi connectivity index (χ4v) is 3.60. The van der Waals surface area contributed by atoms with Crippen LogP contribution in [0.4, 0.5) is 0 Å². The summed E-state index contributed by atoms with van der Waals surface area (Å²) >= 11 is 0. The van der Waals surface area contributed by atoms with Gasteiger partial charge in [-0.25, -0.2) is 0 Å². The minimum Gasteiger partial charge on any atom is -0.314 e. The molecular formula is C16H23N. The van der Waals surface area contributed by atoms with Crippen LogP contribution in [0.3, 0.4) is 0 Å². The van der Waals surface area contributed by atoms with Crippen molar-refractivity contribution in [3.63, 3.8) is 0 Å². The molecule has 0 heterocycles. The van der Waals surface area contributed by atoms with Crippen molar-refractivity contribution in [2.45, 2.75) is 45.1 Å². The maximum Gasteiger partial charge on any atom is 0.0130 e. The molecule has 0 radical (unpaired) electrons. The predicted molar refractivity (Wildman–Crippen MR) is 72.1 cm³/mol. The van der Waals surface area contributed by atoms with Crippen LogP contribution in [0, 0.1) is 11.8 Å². The summed E-state index contributed by atoms with van der Waals surface area (Å²) < 4.78 is 0. The quantitative estimate of drug-likeness (QED) is 0.836. The Kier molecular flexibility index (Phi) is 3.19. The molecule has 1 heteroatoms. The molecule has 3 rings (SSSR count). The summed E-state index contributed by atoms with van der Waals surface area (Å²) in [5, 5.41) is 3.76. The third-order valence-electron chi connectivity index (χ3n) is 4.69. The zero-order chi connectivity index (χ0) is 11.7. The fraction of sp³-hybridized carbons (Fsp3) is 0.625. The SMILES string of the molecule is CCNC(C1CCC1)C1Cc2ccccc2C1. The van der Waals surface area contributed by atoms with Gasteiger partial charge in [0.2, 0.25) is 0 Å². The Morgan fingerprint density at radius 3 is 2.24 bits per heavy atom. The standard InChI is InChI=1S/C16H23N/c1-2-17-16(12-8-5-9-12)15-10-13-6-3-4-7-14(13)11-15/h3-4,6-7,12,15-17H,2,5,8-11H2,1H3. The molecule has 2 aliphatic rings. The summed E-state index contributed by atoms with van der Waals surface area (Å²) in [6.45, 7) is 3.36. The molecule has 1 aromatic carbocycles. The van der Waals surface area contributed by atoms with Crippen LogP contribution in [0.2, 0.25) is 0 Å². The van der Waals surface area contributed by atoms with Gasteiger partial charge in [-0.05, 0) is 55.2 Å². The molecule has 1 aromatic rings. The average molecular weight is 229 g/mol. The van der Waals surface area contributed by atoms with Crippen molar-refractivity contribution in [3.8, 4) is 0 Å². The molecule has 0 bridgehead atoms. The molecule has 2 aliphatic carbocycles. The maximum absolute atomic E-state index is 3.76. The predicted octanol–water partition coefficient (Wildman–Crippen LogP) is 3.18. The van der Waals surface area contributed by atoms with E-state index in [1.807, 2.05) is 0 Å². The molecule has 0 amide bonds. The molecule has 1 N–H and O–H groups in total. The third-order valence-corrected chi connectivity index (χ3v) is 4.69. The van der Waals surface area contributed by atoms with Crippen molar-refractivity contribution in [1.82, 2.24) is 5.32 Å². The first kappa shape index (κ1) is 11.3. The van der Waals surface area contributed by atoms with Crippen molar-refractivity contribution in [3.05, 3.63) is 35.4 Å². The van der Waals surface area contributed by atoms with Gasteiger partial charge in [0.15, 0.2) is 0 Å². The highest BCUT2D eigenvalue weighted by Gasteiger charge is 2.35. The molecular weight excluding hydrogens is 206 g/mol. The van der Waals surface area contributed by atoms with Gasteiger partial charge in [-0.2, -0.15) is 0 Å². The topological polar surface area (TPSA) is 12.0 Å². The molecule has 1 saturated carbocycles. The van der Waals surface area contributed by atoms with E-state index in [0.29, 0.717) is 0 Å². The lowest BCUT2D eigenvalue weighted by molar-refractivity contribution is 0.178. The van der Waals surface area contributed by atoms with Gasteiger partial charge in [0.1, 0.15) is 0 Å². The van der Waals surface area contributed by atoms with Gasteiger partial charge in [0.05, 0.1) is 0 Å². The molecule has 1 unspecified atom stereocenters. The summed E-state index contributed by atoms with van der Waals surface area (Å²) in [6, 6.07) is 9.78. The number of hydrogen-bond donors (Lipinski definition) is 1. The van der Waals surface area contributed by atoms with Crippen LogP contribution < -0.4 is 5.32 Å². The molecule has 0 spiro atoms. The zero-order valence-corrected chi connectivity index (χ0v) is 10.8. The lowest BCUT2D eigenvalue weighted by Crippen LogP contribution is -2.45. The molecule has 0 saturated heterocycles. The number of rotatable bonds is 4. The second-order valence-electron chi connectivity index (χ2n) is 5.71. The third kappa shape index (κ3) is 2.13. The number of fused-ring (bicyclic) bond motifs is 1. The average Bonchev–Trinajstić information content (AvgIpc) is 2.69. The van der Waals surface area contributed by atoms with Crippen molar-refractivity contribution in [1.29, 1.82) is 0 Å². The van der Waals surface area contributed by atoms with Crippen LogP contribution in [0.25, 0.3) is 0 Å². The van der Waals surface area contributed by atoms with Gasteiger partial charge in [0, 0.05) is 6.04 Å². The number of nitrogens with one attached hydrogen (secondary N) is 1. The van der Waals surface area contributed by atoms with E-state index in [2.05, 4.69) is 36.5 Å². The highest BCUT2D eigenvalue weighted by Crippen LogP contribution is 2.38. The lowest BCUT2D eigenvalue weighted by atomic mass is 9.74. The molecule has 0 aliphatic heterocycles. The van der Waals surface area contributed by atoms with Crippen LogP contribution in [0.1, 0.15) is 37.3 Å². The summed E-state index contributed by atoms with van der Waals surface area (Å²) in [5.74, 6) is 1.80. The monoisotopic (exact) mass is 229 g/mol. The van der Waals surface area contributed by atoms with Gasteiger partial charge in [-0.3, -0.25) is 0 Å². The van der Waals surface area contributed by atoms with Crippen molar-refractivity contribution in [2.24, 2.45) is 11.8 Å². The molecule has 0 aromatic heterocycles. The molecule has 1 nitrogen and oxygen atoms in total. The Morgan fingerprint density at radius 1 is 1.12 bits per heavy atom. The lowest BCUT2D eigenvalue weighted by Gasteiger charge is -2.38. The molecule has 92 valence electrons. The minimum absolute atomic E-state index is 0.765. The van der Waals surface area contributed by atoms with E-state index in [4.69, 9.17) is 0 Å². The number of benzene rings is 1. The fourth-order valence-electron chi connectivity index (χ4n) is 3.60. The first-order valence-corrected chi connectivity index (χ1v) is 7.18. The summed E-state index contributed by atoms with van der Waals surface area (Å²) in [7, 11) is 0. The second kappa shape index (κ2) is 4.81. The molecule has 1 fully saturated rings. The van der Waals surface area contributed by atoms with Crippen molar-refractivity contribution >= 4 is 0 Å². The molecule has 17 heavy (non-hydrogen) atoms. The Bertz CT molecular complexity index is 356. The first-order valence-electron chi connectivity index (χ1n) is 7.18. The largest absolute Gasteiger partial charge is 0.314 e. The first-order chi connectivity index (χ1) is 8.38. The molecule has 1 atom stereocenters. The van der Waals surface area contributed by atoms with Gasteiger partial charge in [0.25, 0.3) is 0 Å². The van der Waals surface area contributed by atoms with Gasteiger partial charge >= 0.3 is 0 Å². The van der Waals surface area contributed by atoms with Crippen LogP contribution in [0.5, 0.6) is 0 Å². The normalized spacial score (nSPS) is 22.2. The van der Waals surface area contributed by atoms with E-state index < -0.39 is 0 Å². The van der Waals surface area contributed by atoms with Crippen molar-refractivity contribution in [2.75, 3.05) is 6.54 Å². The van der Waals surface area contributed by atoms with Crippen LogP contribution in [-0.2, 0) is 12.8 Å². The van der Waals surface area contributed by atoms with Crippen LogP contribution in [-0.4, -0.2) is 12.6 Å². The van der Waals surface area contributed by atoms with Crippen LogP contribution >= 0.6 is 0 Å². The highest BCUT2D eigenvalue weighted by atomic mass is 14.9. The minimum atomic E-state index is 0.765. The smallest absolute Gasteiger partial charge is 0.0130 e. The Morgan fingerprint density at radius 2 is 1.76 bits per heavy atom. The van der Waals surface area contributed by atoms with Gasteiger partial charge < -0.3 is 5.32 Å². The van der Waals surface area contributed by atoms with E-state index in [1.165, 1.54) is 32.1 Å². The van der Waals surface area contributed by atoms with E-state index in [0.717, 1.165) is 24.4 Å². The number of hydrogen-bond acceptors (Lipinski definition) is 1. The van der Waals surface area contributed by atoms with E-state index in [1.54, 1.807) is 11.1 Å².